The Labute approximate surface area is 200 Å². The Hall–Kier alpha value is -2.50. The number of benzene rings is 2. The standard InChI is InChI=1S/C24H33N3O6S/c1-2-3-14-26-18-24(33-25)13-15-27(22(16-24)23(28)29)34(30,31)21-11-9-20(10-12-21)32-17-19-7-5-4-6-8-19/h4-12,22,26H,2-3,13-18,25H2,1H3,(H,28,29)/t22-,24+/m1/s1. The van der Waals surface area contributed by atoms with Crippen molar-refractivity contribution in [2.75, 3.05) is 19.6 Å². The molecule has 2 aromatic rings. The molecular weight excluding hydrogens is 458 g/mol. The summed E-state index contributed by atoms with van der Waals surface area (Å²) in [5.41, 5.74) is 0.0458. The zero-order chi connectivity index (χ0) is 24.6. The first-order valence-corrected chi connectivity index (χ1v) is 12.9. The number of aliphatic carboxylic acids is 1. The van der Waals surface area contributed by atoms with E-state index in [-0.39, 0.29) is 24.3 Å². The van der Waals surface area contributed by atoms with E-state index in [1.54, 1.807) is 12.1 Å². The smallest absolute Gasteiger partial charge is 0.322 e. The van der Waals surface area contributed by atoms with Gasteiger partial charge < -0.3 is 15.2 Å². The van der Waals surface area contributed by atoms with Crippen LogP contribution < -0.4 is 16.0 Å². The lowest BCUT2D eigenvalue weighted by Crippen LogP contribution is -2.60. The quantitative estimate of drug-likeness (QED) is 0.305. The van der Waals surface area contributed by atoms with Crippen molar-refractivity contribution in [1.29, 1.82) is 0 Å². The Morgan fingerprint density at radius 3 is 2.53 bits per heavy atom. The maximum Gasteiger partial charge on any atom is 0.322 e. The lowest BCUT2D eigenvalue weighted by Gasteiger charge is -2.43. The van der Waals surface area contributed by atoms with E-state index in [1.165, 1.54) is 12.1 Å². The topological polar surface area (TPSA) is 131 Å². The largest absolute Gasteiger partial charge is 0.489 e. The van der Waals surface area contributed by atoms with E-state index >= 15 is 0 Å². The molecule has 2 atom stereocenters. The van der Waals surface area contributed by atoms with Crippen molar-refractivity contribution in [3.05, 3.63) is 60.2 Å². The van der Waals surface area contributed by atoms with Gasteiger partial charge in [-0.1, -0.05) is 43.7 Å². The number of rotatable bonds is 12. The van der Waals surface area contributed by atoms with Crippen LogP contribution >= 0.6 is 0 Å². The Balaban J connectivity index is 1.71. The van der Waals surface area contributed by atoms with Crippen molar-refractivity contribution in [2.24, 2.45) is 5.90 Å². The monoisotopic (exact) mass is 491 g/mol. The summed E-state index contributed by atoms with van der Waals surface area (Å²) >= 11 is 0. The van der Waals surface area contributed by atoms with Gasteiger partial charge in [-0.2, -0.15) is 4.31 Å². The molecule has 10 heteroatoms. The average Bonchev–Trinajstić information content (AvgIpc) is 2.86. The Kier molecular flexibility index (Phi) is 9.03. The number of unbranched alkanes of at least 4 members (excludes halogenated alkanes) is 1. The Morgan fingerprint density at radius 2 is 1.91 bits per heavy atom. The van der Waals surface area contributed by atoms with Crippen LogP contribution in [-0.4, -0.2) is 55.1 Å². The van der Waals surface area contributed by atoms with E-state index in [4.69, 9.17) is 15.5 Å². The van der Waals surface area contributed by atoms with E-state index in [1.807, 2.05) is 30.3 Å². The first kappa shape index (κ1) is 26.1. The predicted octanol–water partition coefficient (Wildman–Crippen LogP) is 2.52. The van der Waals surface area contributed by atoms with Gasteiger partial charge in [0, 0.05) is 19.5 Å². The number of piperidine rings is 1. The van der Waals surface area contributed by atoms with Crippen LogP contribution in [-0.2, 0) is 26.3 Å². The Bertz CT molecular complexity index is 1030. The maximum absolute atomic E-state index is 13.3. The van der Waals surface area contributed by atoms with Gasteiger partial charge in [0.15, 0.2) is 0 Å². The molecule has 0 aliphatic carbocycles. The predicted molar refractivity (Wildman–Crippen MR) is 128 cm³/mol. The van der Waals surface area contributed by atoms with Crippen molar-refractivity contribution >= 4 is 16.0 Å². The molecule has 186 valence electrons. The summed E-state index contributed by atoms with van der Waals surface area (Å²) < 4.78 is 33.4. The number of nitrogens with two attached hydrogens (primary N) is 1. The molecule has 1 saturated heterocycles. The van der Waals surface area contributed by atoms with Crippen LogP contribution in [0.1, 0.15) is 38.2 Å². The van der Waals surface area contributed by atoms with Gasteiger partial charge in [-0.3, -0.25) is 9.63 Å². The van der Waals surface area contributed by atoms with Crippen LogP contribution in [0.4, 0.5) is 0 Å². The fourth-order valence-corrected chi connectivity index (χ4v) is 5.62. The highest BCUT2D eigenvalue weighted by Gasteiger charge is 2.48. The van der Waals surface area contributed by atoms with E-state index in [2.05, 4.69) is 12.2 Å². The minimum Gasteiger partial charge on any atom is -0.489 e. The zero-order valence-corrected chi connectivity index (χ0v) is 20.2. The number of carboxylic acids is 1. The van der Waals surface area contributed by atoms with Gasteiger partial charge in [-0.15, -0.1) is 0 Å². The van der Waals surface area contributed by atoms with E-state index < -0.39 is 27.6 Å². The van der Waals surface area contributed by atoms with Crippen LogP contribution in [0.5, 0.6) is 5.75 Å². The van der Waals surface area contributed by atoms with Gasteiger partial charge >= 0.3 is 5.97 Å². The van der Waals surface area contributed by atoms with Crippen LogP contribution in [0, 0.1) is 0 Å². The minimum absolute atomic E-state index is 0.00745. The first-order valence-electron chi connectivity index (χ1n) is 11.4. The lowest BCUT2D eigenvalue weighted by molar-refractivity contribution is -0.150. The second-order valence-corrected chi connectivity index (χ2v) is 10.4. The number of ether oxygens (including phenoxy) is 1. The van der Waals surface area contributed by atoms with Gasteiger partial charge in [0.2, 0.25) is 10.0 Å². The second-order valence-electron chi connectivity index (χ2n) is 8.50. The number of carboxylic acid groups (broad SMARTS) is 1. The summed E-state index contributed by atoms with van der Waals surface area (Å²) in [4.78, 5) is 17.3. The highest BCUT2D eigenvalue weighted by atomic mass is 32.2. The first-order chi connectivity index (χ1) is 16.3. The molecule has 3 rings (SSSR count). The molecule has 9 nitrogen and oxygen atoms in total. The highest BCUT2D eigenvalue weighted by molar-refractivity contribution is 7.89. The maximum atomic E-state index is 13.3. The molecule has 0 radical (unpaired) electrons. The minimum atomic E-state index is -4.05. The number of carbonyl (C=O) groups is 1. The number of sulfonamides is 1. The average molecular weight is 492 g/mol. The third-order valence-electron chi connectivity index (χ3n) is 6.07. The van der Waals surface area contributed by atoms with Crippen molar-refractivity contribution in [1.82, 2.24) is 9.62 Å². The summed E-state index contributed by atoms with van der Waals surface area (Å²) in [6, 6.07) is 14.3. The van der Waals surface area contributed by atoms with Gasteiger partial charge in [0.1, 0.15) is 24.0 Å². The SMILES string of the molecule is CCCCNC[C@]1(ON)CCN(S(=O)(=O)c2ccc(OCc3ccccc3)cc2)[C@@H](C(=O)O)C1. The van der Waals surface area contributed by atoms with Gasteiger partial charge in [0.05, 0.1) is 4.90 Å². The van der Waals surface area contributed by atoms with Gasteiger partial charge in [-0.05, 0) is 49.2 Å². The molecule has 1 aliphatic rings. The summed E-state index contributed by atoms with van der Waals surface area (Å²) in [6.07, 6.45) is 2.22. The fourth-order valence-electron chi connectivity index (χ4n) is 4.04. The lowest BCUT2D eigenvalue weighted by atomic mass is 9.87. The Morgan fingerprint density at radius 1 is 1.21 bits per heavy atom. The highest BCUT2D eigenvalue weighted by Crippen LogP contribution is 2.33. The number of nitrogens with zero attached hydrogens (tertiary/aromatic N) is 1. The van der Waals surface area contributed by atoms with Gasteiger partial charge in [-0.25, -0.2) is 14.3 Å². The van der Waals surface area contributed by atoms with Crippen molar-refractivity contribution in [3.8, 4) is 5.75 Å². The summed E-state index contributed by atoms with van der Waals surface area (Å²) in [5.74, 6) is 4.84. The molecule has 0 unspecified atom stereocenters. The molecule has 1 heterocycles. The fraction of sp³-hybridized carbons (Fsp3) is 0.458. The molecule has 4 N–H and O–H groups in total. The molecule has 0 aromatic heterocycles. The molecule has 1 aliphatic heterocycles. The molecule has 2 aromatic carbocycles. The molecule has 0 saturated carbocycles. The number of hydrogen-bond donors (Lipinski definition) is 3. The summed E-state index contributed by atoms with van der Waals surface area (Å²) in [6.45, 7) is 3.52. The summed E-state index contributed by atoms with van der Waals surface area (Å²) in [5, 5.41) is 13.1. The van der Waals surface area contributed by atoms with Crippen LogP contribution in [0.2, 0.25) is 0 Å². The molecule has 0 bridgehead atoms. The second kappa shape index (κ2) is 11.8. The molecular formula is C24H33N3O6S. The normalized spacial score (nSPS) is 21.3. The van der Waals surface area contributed by atoms with Crippen molar-refractivity contribution in [3.63, 3.8) is 0 Å². The van der Waals surface area contributed by atoms with Crippen molar-refractivity contribution < 1.29 is 27.9 Å². The third-order valence-corrected chi connectivity index (χ3v) is 7.99. The molecule has 0 spiro atoms. The number of hydrogen-bond acceptors (Lipinski definition) is 7. The molecule has 1 fully saturated rings. The van der Waals surface area contributed by atoms with Gasteiger partial charge in [0.25, 0.3) is 0 Å². The van der Waals surface area contributed by atoms with E-state index in [0.717, 1.165) is 29.3 Å². The third kappa shape index (κ3) is 6.34. The van der Waals surface area contributed by atoms with E-state index in [9.17, 15) is 18.3 Å². The number of nitrogens with one attached hydrogen (secondary N) is 1. The van der Waals surface area contributed by atoms with Crippen LogP contribution in [0.3, 0.4) is 0 Å². The van der Waals surface area contributed by atoms with E-state index in [0.29, 0.717) is 18.9 Å². The molecule has 34 heavy (non-hydrogen) atoms. The van der Waals surface area contributed by atoms with Crippen LogP contribution in [0.25, 0.3) is 0 Å². The zero-order valence-electron chi connectivity index (χ0n) is 19.4. The van der Waals surface area contributed by atoms with Crippen LogP contribution in [0.15, 0.2) is 59.5 Å². The van der Waals surface area contributed by atoms with Crippen molar-refractivity contribution in [2.45, 2.75) is 55.8 Å². The molecule has 0 amide bonds. The summed E-state index contributed by atoms with van der Waals surface area (Å²) in [7, 11) is -4.05.